The van der Waals surface area contributed by atoms with E-state index >= 15 is 0 Å². The Hall–Kier alpha value is -5.01. The second-order valence-corrected chi connectivity index (χ2v) is 27.5. The number of carboxylic acid groups (broad SMARTS) is 1. The Morgan fingerprint density at radius 2 is 0.268 bits per heavy atom. The van der Waals surface area contributed by atoms with Crippen LogP contribution < -0.4 is 0 Å². The molecule has 0 aliphatic heterocycles. The Morgan fingerprint density at radius 3 is 0.366 bits per heavy atom. The summed E-state index contributed by atoms with van der Waals surface area (Å²) in [7, 11) is 0. The maximum absolute atomic E-state index is 14.8. The molecule has 0 aromatic carbocycles. The minimum atomic E-state index is -10.8. The van der Waals surface area contributed by atoms with E-state index in [2.05, 4.69) is 0 Å². The fraction of sp³-hybridized carbons (Fsp3) is 0.978. The van der Waals surface area contributed by atoms with Crippen LogP contribution in [-0.4, -0.2) is 240 Å². The van der Waals surface area contributed by atoms with Gasteiger partial charge >= 0.3 is 220 Å². The Labute approximate surface area is 626 Å². The van der Waals surface area contributed by atoms with Gasteiger partial charge in [0.15, 0.2) is 0 Å². The minimum absolute atomic E-state index is 0.341. The average molecular weight is 2060 g/mol. The number of hydrogen-bond donors (Lipinski definition) is 1. The molecule has 0 rings (SSSR count). The van der Waals surface area contributed by atoms with Gasteiger partial charge in [0.2, 0.25) is 0 Å². The molecule has 0 aliphatic carbocycles. The normalized spacial score (nSPS) is 17.2. The molecule has 0 unspecified atom stereocenters. The number of carbonyl (C=O) groups is 1. The minimum Gasteiger partial charge on any atom is -0.481 e. The first kappa shape index (κ1) is 118. The molecule has 123 heavy (non-hydrogen) atoms. The molecule has 0 saturated heterocycles. The quantitative estimate of drug-likeness (QED) is 0.0488. The molecule has 0 fully saturated rings. The maximum atomic E-state index is 14.8. The molecule has 738 valence electrons. The molecule has 0 heterocycles. The number of thioether (sulfide) groups is 2. The van der Waals surface area contributed by atoms with Gasteiger partial charge in [0.05, 0.1) is 4.08 Å². The van der Waals surface area contributed by atoms with E-state index in [0.717, 1.165) is 0 Å². The van der Waals surface area contributed by atoms with E-state index in [0.29, 0.717) is 0 Å². The van der Waals surface area contributed by atoms with Crippen LogP contribution in [0.4, 0.5) is 325 Å². The summed E-state index contributed by atoms with van der Waals surface area (Å²) in [6.45, 7) is -0.341. The summed E-state index contributed by atoms with van der Waals surface area (Å²) in [5.74, 6) is -356. The van der Waals surface area contributed by atoms with Gasteiger partial charge in [0, 0.05) is 30.8 Å². The molecule has 0 spiro atoms. The first-order valence-electron chi connectivity index (χ1n) is 27.3. The number of alkyl halides is 74. The largest absolute Gasteiger partial charge is 0.481 e. The molecule has 0 saturated carbocycles. The van der Waals surface area contributed by atoms with Gasteiger partial charge in [-0.15, -0.1) is 23.5 Å². The summed E-state index contributed by atoms with van der Waals surface area (Å²) < 4.78 is 1040. The summed E-state index contributed by atoms with van der Waals surface area (Å²) >= 11 is -2.91. The molecule has 0 aromatic rings. The van der Waals surface area contributed by atoms with Crippen LogP contribution in [0.25, 0.3) is 0 Å². The number of aliphatic carboxylic acids is 1. The number of rotatable bonds is 43. The monoisotopic (exact) mass is 2060 g/mol. The van der Waals surface area contributed by atoms with E-state index in [1.54, 1.807) is 0 Å². The molecular formula is C45H16F74O2S2. The summed E-state index contributed by atoms with van der Waals surface area (Å²) in [5.41, 5.74) is 0. The highest BCUT2D eigenvalue weighted by Crippen LogP contribution is 2.75. The molecule has 2 nitrogen and oxygen atoms in total. The number of hydrogen-bond acceptors (Lipinski definition) is 3. The van der Waals surface area contributed by atoms with Gasteiger partial charge in [-0.25, -0.2) is 0 Å². The number of halogens is 74. The summed E-state index contributed by atoms with van der Waals surface area (Å²) in [4.78, 5) is 11.1. The molecule has 0 aliphatic rings. The van der Waals surface area contributed by atoms with Crippen LogP contribution >= 0.6 is 23.5 Å². The van der Waals surface area contributed by atoms with Crippen LogP contribution in [0, 0.1) is 0 Å². The van der Waals surface area contributed by atoms with Crippen molar-refractivity contribution in [3.63, 3.8) is 0 Å². The van der Waals surface area contributed by atoms with Crippen molar-refractivity contribution in [3.05, 3.63) is 0 Å². The molecule has 0 aromatic heterocycles. The van der Waals surface area contributed by atoms with E-state index < -0.39 is 284 Å². The van der Waals surface area contributed by atoms with Crippen LogP contribution in [0.5, 0.6) is 0 Å². The van der Waals surface area contributed by atoms with Crippen molar-refractivity contribution in [2.24, 2.45) is 0 Å². The van der Waals surface area contributed by atoms with Crippen LogP contribution in [0.1, 0.15) is 32.6 Å². The van der Waals surface area contributed by atoms with E-state index in [9.17, 15) is 330 Å². The Bertz CT molecular complexity index is 3480. The van der Waals surface area contributed by atoms with Crippen molar-refractivity contribution in [2.75, 3.05) is 11.5 Å². The Balaban J connectivity index is 7.81. The van der Waals surface area contributed by atoms with Crippen LogP contribution in [-0.2, 0) is 4.79 Å². The topological polar surface area (TPSA) is 37.3 Å². The Kier molecular flexibility index (Phi) is 29.0. The molecule has 78 heteroatoms. The average Bonchev–Trinajstić information content (AvgIpc) is 0.681. The van der Waals surface area contributed by atoms with Crippen LogP contribution in [0.15, 0.2) is 0 Å². The lowest BCUT2D eigenvalue weighted by Crippen LogP contribution is -2.80. The van der Waals surface area contributed by atoms with Crippen molar-refractivity contribution in [3.8, 4) is 0 Å². The Morgan fingerprint density at radius 1 is 0.171 bits per heavy atom. The van der Waals surface area contributed by atoms with Crippen molar-refractivity contribution >= 4 is 29.5 Å². The van der Waals surface area contributed by atoms with Crippen LogP contribution in [0.3, 0.4) is 0 Å². The highest BCUT2D eigenvalue weighted by Gasteiger charge is 3.06. The van der Waals surface area contributed by atoms with Crippen molar-refractivity contribution in [2.45, 2.75) is 250 Å². The first-order chi connectivity index (χ1) is 51.8. The second kappa shape index (κ2) is 30.3. The number of carboxylic acids is 1. The molecule has 0 amide bonds. The van der Waals surface area contributed by atoms with Gasteiger partial charge in [-0.1, -0.05) is 0 Å². The van der Waals surface area contributed by atoms with E-state index in [4.69, 9.17) is 5.11 Å². The van der Waals surface area contributed by atoms with E-state index in [-0.39, 0.29) is 6.92 Å². The van der Waals surface area contributed by atoms with Gasteiger partial charge < -0.3 is 5.11 Å². The molecule has 0 radical (unpaired) electrons. The maximum Gasteiger partial charge on any atom is 0.460 e. The standard InChI is InChI=1S/C45H16F74O2S2/c1-9(3-2-8(120)121,122-6-4-10(46,47)12(50,51)14(54,55)16(58,59)18(62,63)20(66,67)22(70,71)24(74,75)26(78,79)28(82,83)30(86,87)32(90,91)34(94,95)36(98,99)38(102,103)40(106,107)42(110,111)44(114,115)116)123-7-5-11(48,49)13(52,53)15(56,57)17(60,61)19(64,65)21(68,69)23(72,73)25(76,77)27(80,81)29(84,85)31(88,89)33(92,93)35(96,97)37(100,101)39(104,105)41(108,109)43(112,113)45(117,118)119/h2-7H2,1H3,(H,120,121). The molecule has 0 atom stereocenters. The predicted octanol–water partition coefficient (Wildman–Crippen LogP) is 26.5. The third kappa shape index (κ3) is 14.8. The molecule has 0 bridgehead atoms. The fourth-order valence-electron chi connectivity index (χ4n) is 7.96. The zero-order chi connectivity index (χ0) is 102. The summed E-state index contributed by atoms with van der Waals surface area (Å²) in [5, 5.41) is 8.81. The van der Waals surface area contributed by atoms with Gasteiger partial charge in [0.25, 0.3) is 0 Å². The predicted molar refractivity (Wildman–Crippen MR) is 240 cm³/mol. The molecule has 1 N–H and O–H groups in total. The van der Waals surface area contributed by atoms with E-state index in [1.165, 1.54) is 0 Å². The second-order valence-electron chi connectivity index (χ2n) is 24.0. The highest BCUT2D eigenvalue weighted by molar-refractivity contribution is 8.18. The third-order valence-electron chi connectivity index (χ3n) is 15.9. The smallest absolute Gasteiger partial charge is 0.460 e. The lowest BCUT2D eigenvalue weighted by molar-refractivity contribution is -0.493. The zero-order valence-corrected chi connectivity index (χ0v) is 55.5. The van der Waals surface area contributed by atoms with E-state index in [1.807, 2.05) is 0 Å². The summed E-state index contributed by atoms with van der Waals surface area (Å²) in [6, 6.07) is 0. The van der Waals surface area contributed by atoms with Crippen LogP contribution in [0.2, 0.25) is 0 Å². The van der Waals surface area contributed by atoms with Crippen molar-refractivity contribution < 1.29 is 335 Å². The third-order valence-corrected chi connectivity index (χ3v) is 19.1. The first-order valence-corrected chi connectivity index (χ1v) is 29.3. The summed E-state index contributed by atoms with van der Waals surface area (Å²) in [6.07, 6.45) is -29.8. The SMILES string of the molecule is CC(CCC(=O)O)(SCCC(F)(F)C(F)(F)C(F)(F)C(F)(F)C(F)(F)C(F)(F)C(F)(F)C(F)(F)C(F)(F)C(F)(F)C(F)(F)C(F)(F)C(F)(F)C(F)(F)C(F)(F)C(F)(F)C(F)(F)C(F)(F)F)SCCC(F)(F)C(F)(F)C(F)(F)C(F)(F)C(F)(F)C(F)(F)C(F)(F)C(F)(F)C(F)(F)C(F)(F)C(F)(F)C(F)(F)C(F)(F)C(F)(F)C(F)(F)C(F)(F)C(F)(F)C(F)(F)F. The fourth-order valence-corrected chi connectivity index (χ4v) is 10.9. The van der Waals surface area contributed by atoms with Gasteiger partial charge in [-0.3, -0.25) is 4.79 Å². The zero-order valence-electron chi connectivity index (χ0n) is 53.9. The lowest BCUT2D eigenvalue weighted by Gasteiger charge is -2.47. The molecular weight excluding hydrogens is 2040 g/mol. The van der Waals surface area contributed by atoms with Crippen molar-refractivity contribution in [1.82, 2.24) is 0 Å². The van der Waals surface area contributed by atoms with Gasteiger partial charge in [-0.05, 0) is 13.3 Å². The van der Waals surface area contributed by atoms with Gasteiger partial charge in [0.1, 0.15) is 0 Å². The van der Waals surface area contributed by atoms with Gasteiger partial charge in [-0.2, -0.15) is 325 Å². The van der Waals surface area contributed by atoms with Crippen molar-refractivity contribution in [1.29, 1.82) is 0 Å². The highest BCUT2D eigenvalue weighted by atomic mass is 32.2. The lowest BCUT2D eigenvalue weighted by atomic mass is 9.82.